The molecule has 1 N–H and O–H groups in total. The van der Waals surface area contributed by atoms with Gasteiger partial charge >= 0.3 is 5.97 Å². The number of likely N-dealkylation sites (tertiary alicyclic amines) is 1. The maximum atomic E-state index is 12.7. The molecule has 0 bridgehead atoms. The Morgan fingerprint density at radius 3 is 2.28 bits per heavy atom. The fourth-order valence-electron chi connectivity index (χ4n) is 4.11. The average Bonchev–Trinajstić information content (AvgIpc) is 2.99. The van der Waals surface area contributed by atoms with E-state index in [9.17, 15) is 9.59 Å². The topological polar surface area (TPSA) is 75.4 Å². The summed E-state index contributed by atoms with van der Waals surface area (Å²) in [5.74, 6) is 0.345. The number of hydrogen-bond acceptors (Lipinski definition) is 3. The Hall–Kier alpha value is -2.63. The standard InChI is InChI=1S/C19H21N3O3/c1-11-14(18(24)25)8-20-22(11)13-6-4-12(5-7-13)17(23)21-9-15-16(10-21)19(15,2)3/h4-8,15-16H,9-10H2,1-3H3,(H,24,25)/t15-,16-/m0/s1. The third-order valence-electron chi connectivity index (χ3n) is 6.01. The minimum Gasteiger partial charge on any atom is -0.478 e. The number of fused-ring (bicyclic) bond motifs is 1. The van der Waals surface area contributed by atoms with Crippen molar-refractivity contribution in [3.63, 3.8) is 0 Å². The molecule has 0 radical (unpaired) electrons. The molecule has 2 aromatic rings. The van der Waals surface area contributed by atoms with Gasteiger partial charge in [0.25, 0.3) is 5.91 Å². The Morgan fingerprint density at radius 2 is 1.76 bits per heavy atom. The predicted molar refractivity (Wildman–Crippen MR) is 91.9 cm³/mol. The first-order valence-electron chi connectivity index (χ1n) is 8.48. The molecule has 1 saturated carbocycles. The van der Waals surface area contributed by atoms with Crippen molar-refractivity contribution in [2.75, 3.05) is 13.1 Å². The van der Waals surface area contributed by atoms with Gasteiger partial charge < -0.3 is 10.0 Å². The van der Waals surface area contributed by atoms with Crippen LogP contribution >= 0.6 is 0 Å². The van der Waals surface area contributed by atoms with E-state index < -0.39 is 5.97 Å². The van der Waals surface area contributed by atoms with Crippen molar-refractivity contribution in [2.45, 2.75) is 20.8 Å². The lowest BCUT2D eigenvalue weighted by Crippen LogP contribution is -2.32. The number of rotatable bonds is 3. The van der Waals surface area contributed by atoms with E-state index in [1.54, 1.807) is 35.9 Å². The van der Waals surface area contributed by atoms with Gasteiger partial charge in [-0.2, -0.15) is 5.10 Å². The quantitative estimate of drug-likeness (QED) is 0.933. The highest BCUT2D eigenvalue weighted by molar-refractivity contribution is 5.94. The van der Waals surface area contributed by atoms with Gasteiger partial charge in [0, 0.05) is 18.7 Å². The largest absolute Gasteiger partial charge is 0.478 e. The van der Waals surface area contributed by atoms with Crippen LogP contribution in [-0.2, 0) is 0 Å². The average molecular weight is 339 g/mol. The van der Waals surface area contributed by atoms with E-state index in [-0.39, 0.29) is 11.5 Å². The highest BCUT2D eigenvalue weighted by Gasteiger charge is 2.62. The molecule has 1 amide bonds. The van der Waals surface area contributed by atoms with Crippen molar-refractivity contribution in [1.29, 1.82) is 0 Å². The summed E-state index contributed by atoms with van der Waals surface area (Å²) in [6, 6.07) is 7.18. The molecule has 0 unspecified atom stereocenters. The van der Waals surface area contributed by atoms with Crippen molar-refractivity contribution in [2.24, 2.45) is 17.3 Å². The lowest BCUT2D eigenvalue weighted by atomic mass is 10.1. The van der Waals surface area contributed by atoms with E-state index in [4.69, 9.17) is 5.11 Å². The van der Waals surface area contributed by atoms with Gasteiger partial charge in [0.15, 0.2) is 0 Å². The van der Waals surface area contributed by atoms with Crippen molar-refractivity contribution < 1.29 is 14.7 Å². The number of carboxylic acid groups (broad SMARTS) is 1. The molecule has 2 atom stereocenters. The van der Waals surface area contributed by atoms with Crippen LogP contribution in [0.3, 0.4) is 0 Å². The fourth-order valence-corrected chi connectivity index (χ4v) is 4.11. The van der Waals surface area contributed by atoms with Crippen LogP contribution < -0.4 is 0 Å². The molecule has 130 valence electrons. The number of aromatic carboxylic acids is 1. The number of carbonyl (C=O) groups is 2. The molecule has 4 rings (SSSR count). The predicted octanol–water partition coefficient (Wildman–Crippen LogP) is 2.61. The summed E-state index contributed by atoms with van der Waals surface area (Å²) < 4.78 is 1.57. The van der Waals surface area contributed by atoms with Crippen molar-refractivity contribution in [3.05, 3.63) is 47.3 Å². The van der Waals surface area contributed by atoms with Gasteiger partial charge in [0.2, 0.25) is 0 Å². The second kappa shape index (κ2) is 5.18. The normalized spacial score (nSPS) is 23.4. The van der Waals surface area contributed by atoms with Gasteiger partial charge in [-0.05, 0) is 48.4 Å². The van der Waals surface area contributed by atoms with E-state index >= 15 is 0 Å². The smallest absolute Gasteiger partial charge is 0.339 e. The monoisotopic (exact) mass is 339 g/mol. The third-order valence-corrected chi connectivity index (χ3v) is 6.01. The molecule has 1 saturated heterocycles. The van der Waals surface area contributed by atoms with E-state index in [2.05, 4.69) is 18.9 Å². The summed E-state index contributed by atoms with van der Waals surface area (Å²) in [7, 11) is 0. The molecular formula is C19H21N3O3. The van der Waals surface area contributed by atoms with Crippen LogP contribution in [0.5, 0.6) is 0 Å². The zero-order chi connectivity index (χ0) is 17.9. The van der Waals surface area contributed by atoms with Crippen LogP contribution in [0.4, 0.5) is 0 Å². The van der Waals surface area contributed by atoms with Crippen LogP contribution in [0, 0.1) is 24.2 Å². The molecule has 6 heteroatoms. The summed E-state index contributed by atoms with van der Waals surface area (Å²) in [5.41, 5.74) is 2.53. The lowest BCUT2D eigenvalue weighted by Gasteiger charge is -2.22. The fraction of sp³-hybridized carbons (Fsp3) is 0.421. The van der Waals surface area contributed by atoms with Gasteiger partial charge in [0.1, 0.15) is 5.56 Å². The number of benzene rings is 1. The van der Waals surface area contributed by atoms with Crippen molar-refractivity contribution >= 4 is 11.9 Å². The minimum absolute atomic E-state index is 0.0676. The molecule has 1 aliphatic carbocycles. The highest BCUT2D eigenvalue weighted by atomic mass is 16.4. The van der Waals surface area contributed by atoms with Crippen LogP contribution in [0.1, 0.15) is 40.3 Å². The van der Waals surface area contributed by atoms with Crippen LogP contribution in [0.15, 0.2) is 30.5 Å². The molecule has 1 aliphatic heterocycles. The molecule has 0 spiro atoms. The number of nitrogens with zero attached hydrogens (tertiary/aromatic N) is 3. The summed E-state index contributed by atoms with van der Waals surface area (Å²) >= 11 is 0. The molecule has 2 aliphatic rings. The second-order valence-corrected chi connectivity index (χ2v) is 7.65. The maximum absolute atomic E-state index is 12.7. The van der Waals surface area contributed by atoms with Gasteiger partial charge in [-0.25, -0.2) is 9.48 Å². The van der Waals surface area contributed by atoms with Crippen molar-refractivity contribution in [3.8, 4) is 5.69 Å². The number of carbonyl (C=O) groups excluding carboxylic acids is 1. The summed E-state index contributed by atoms with van der Waals surface area (Å²) in [4.78, 5) is 25.7. The Balaban J connectivity index is 1.51. The number of amides is 1. The Labute approximate surface area is 146 Å². The first kappa shape index (κ1) is 15.9. The summed E-state index contributed by atoms with van der Waals surface area (Å²) in [6.07, 6.45) is 1.34. The minimum atomic E-state index is -0.994. The van der Waals surface area contributed by atoms with E-state index in [0.29, 0.717) is 28.5 Å². The van der Waals surface area contributed by atoms with Gasteiger partial charge in [0.05, 0.1) is 17.6 Å². The first-order chi connectivity index (χ1) is 11.8. The van der Waals surface area contributed by atoms with Crippen LogP contribution in [-0.4, -0.2) is 44.8 Å². The van der Waals surface area contributed by atoms with E-state index in [0.717, 1.165) is 18.8 Å². The van der Waals surface area contributed by atoms with Gasteiger partial charge in [-0.1, -0.05) is 13.8 Å². The number of aromatic nitrogens is 2. The van der Waals surface area contributed by atoms with Crippen molar-refractivity contribution in [1.82, 2.24) is 14.7 Å². The Kier molecular flexibility index (Phi) is 3.29. The molecule has 1 aromatic heterocycles. The van der Waals surface area contributed by atoms with Gasteiger partial charge in [-0.15, -0.1) is 0 Å². The summed E-state index contributed by atoms with van der Waals surface area (Å²) in [5, 5.41) is 13.3. The summed E-state index contributed by atoms with van der Waals surface area (Å²) in [6.45, 7) is 7.96. The first-order valence-corrected chi connectivity index (χ1v) is 8.48. The number of piperidine rings is 1. The molecule has 25 heavy (non-hydrogen) atoms. The Bertz CT molecular complexity index is 853. The second-order valence-electron chi connectivity index (χ2n) is 7.65. The zero-order valence-electron chi connectivity index (χ0n) is 14.6. The molecular weight excluding hydrogens is 318 g/mol. The zero-order valence-corrected chi connectivity index (χ0v) is 14.6. The molecule has 1 aromatic carbocycles. The van der Waals surface area contributed by atoms with Crippen LogP contribution in [0.25, 0.3) is 5.69 Å². The maximum Gasteiger partial charge on any atom is 0.339 e. The van der Waals surface area contributed by atoms with E-state index in [1.165, 1.54) is 6.20 Å². The molecule has 2 fully saturated rings. The van der Waals surface area contributed by atoms with Crippen LogP contribution in [0.2, 0.25) is 0 Å². The highest BCUT2D eigenvalue weighted by Crippen LogP contribution is 2.62. The SMILES string of the molecule is Cc1c(C(=O)O)cnn1-c1ccc(C(=O)N2C[C@H]3[C@H](C2)C3(C)C)cc1. The van der Waals surface area contributed by atoms with E-state index in [1.807, 2.05) is 4.90 Å². The van der Waals surface area contributed by atoms with Gasteiger partial charge in [-0.3, -0.25) is 4.79 Å². The Morgan fingerprint density at radius 1 is 1.16 bits per heavy atom. The number of hydrogen-bond donors (Lipinski definition) is 1. The third kappa shape index (κ3) is 2.35. The number of carboxylic acids is 1. The molecule has 2 heterocycles. The molecule has 6 nitrogen and oxygen atoms in total. The lowest BCUT2D eigenvalue weighted by molar-refractivity contribution is 0.0694.